The van der Waals surface area contributed by atoms with E-state index < -0.39 is 0 Å². The highest BCUT2D eigenvalue weighted by molar-refractivity contribution is 7.80. The van der Waals surface area contributed by atoms with Crippen molar-refractivity contribution in [3.63, 3.8) is 0 Å². The van der Waals surface area contributed by atoms with Gasteiger partial charge in [-0.3, -0.25) is 5.43 Å². The van der Waals surface area contributed by atoms with Crippen LogP contribution in [0.15, 0.2) is 47.6 Å². The maximum absolute atomic E-state index is 5.96. The molecule has 0 fully saturated rings. The summed E-state index contributed by atoms with van der Waals surface area (Å²) < 4.78 is 11.1. The maximum atomic E-state index is 5.96. The van der Waals surface area contributed by atoms with E-state index in [1.165, 1.54) is 0 Å². The molecule has 2 aromatic rings. The van der Waals surface area contributed by atoms with Gasteiger partial charge < -0.3 is 15.2 Å². The number of nitrogens with one attached hydrogen (secondary N) is 1. The summed E-state index contributed by atoms with van der Waals surface area (Å²) in [5.41, 5.74) is 9.58. The van der Waals surface area contributed by atoms with Crippen LogP contribution in [0, 0.1) is 0 Å². The molecule has 5 nitrogen and oxygen atoms in total. The normalized spacial score (nSPS) is 10.5. The molecule has 0 atom stereocenters. The van der Waals surface area contributed by atoms with Crippen LogP contribution < -0.4 is 20.6 Å². The van der Waals surface area contributed by atoms with Crippen LogP contribution in [0.5, 0.6) is 11.5 Å². The third kappa shape index (κ3) is 5.43. The fourth-order valence-electron chi connectivity index (χ4n) is 1.84. The largest absolute Gasteiger partial charge is 0.493 e. The molecule has 3 N–H and O–H groups in total. The molecule has 0 aliphatic heterocycles. The zero-order valence-corrected chi connectivity index (χ0v) is 14.0. The van der Waals surface area contributed by atoms with Crippen LogP contribution in [-0.2, 0) is 6.61 Å². The van der Waals surface area contributed by atoms with E-state index in [9.17, 15) is 0 Å². The molecular formula is C16H16ClN3O2S. The SMILES string of the molecule is COc1cc(C=NNC(N)=S)ccc1OCc1cccc(Cl)c1. The monoisotopic (exact) mass is 349 g/mol. The molecule has 0 aliphatic rings. The van der Waals surface area contributed by atoms with Crippen molar-refractivity contribution in [1.29, 1.82) is 0 Å². The highest BCUT2D eigenvalue weighted by Crippen LogP contribution is 2.28. The van der Waals surface area contributed by atoms with Gasteiger partial charge in [-0.15, -0.1) is 0 Å². The highest BCUT2D eigenvalue weighted by atomic mass is 35.5. The molecule has 0 bridgehead atoms. The maximum Gasteiger partial charge on any atom is 0.184 e. The molecule has 7 heteroatoms. The number of benzene rings is 2. The molecular weight excluding hydrogens is 334 g/mol. The van der Waals surface area contributed by atoms with Gasteiger partial charge in [0.2, 0.25) is 0 Å². The van der Waals surface area contributed by atoms with E-state index in [1.807, 2.05) is 36.4 Å². The Morgan fingerprint density at radius 1 is 1.30 bits per heavy atom. The molecule has 0 saturated carbocycles. The topological polar surface area (TPSA) is 68.9 Å². The standard InChI is InChI=1S/C16H16ClN3O2S/c1-21-15-8-11(9-19-20-16(18)23)5-6-14(15)22-10-12-3-2-4-13(17)7-12/h2-9H,10H2,1H3,(H3,18,20,23). The van der Waals surface area contributed by atoms with Crippen molar-refractivity contribution in [1.82, 2.24) is 5.43 Å². The van der Waals surface area contributed by atoms with E-state index in [0.717, 1.165) is 11.1 Å². The zero-order chi connectivity index (χ0) is 16.7. The number of hydrogen-bond acceptors (Lipinski definition) is 4. The number of nitrogens with two attached hydrogens (primary N) is 1. The zero-order valence-electron chi connectivity index (χ0n) is 12.5. The summed E-state index contributed by atoms with van der Waals surface area (Å²) in [7, 11) is 1.58. The molecule has 0 heterocycles. The van der Waals surface area contributed by atoms with Gasteiger partial charge in [0.05, 0.1) is 13.3 Å². The van der Waals surface area contributed by atoms with Gasteiger partial charge in [-0.2, -0.15) is 5.10 Å². The van der Waals surface area contributed by atoms with E-state index in [4.69, 9.17) is 26.8 Å². The van der Waals surface area contributed by atoms with E-state index in [-0.39, 0.29) is 5.11 Å². The molecule has 2 aromatic carbocycles. The Morgan fingerprint density at radius 2 is 2.13 bits per heavy atom. The molecule has 2 rings (SSSR count). The average molecular weight is 350 g/mol. The fourth-order valence-corrected chi connectivity index (χ4v) is 2.11. The van der Waals surface area contributed by atoms with Crippen molar-refractivity contribution in [3.05, 3.63) is 58.6 Å². The minimum absolute atomic E-state index is 0.106. The van der Waals surface area contributed by atoms with Gasteiger partial charge in [0.1, 0.15) is 6.61 Å². The van der Waals surface area contributed by atoms with Crippen molar-refractivity contribution in [3.8, 4) is 11.5 Å². The Balaban J connectivity index is 2.07. The number of halogens is 1. The first-order valence-corrected chi connectivity index (χ1v) is 7.51. The Labute approximate surface area is 145 Å². The summed E-state index contributed by atoms with van der Waals surface area (Å²) in [5, 5.41) is 4.68. The van der Waals surface area contributed by atoms with Crippen molar-refractivity contribution < 1.29 is 9.47 Å². The van der Waals surface area contributed by atoms with E-state index in [1.54, 1.807) is 19.4 Å². The minimum atomic E-state index is 0.106. The van der Waals surface area contributed by atoms with Crippen LogP contribution in [0.3, 0.4) is 0 Å². The van der Waals surface area contributed by atoms with Crippen LogP contribution in [-0.4, -0.2) is 18.4 Å². The van der Waals surface area contributed by atoms with Gasteiger partial charge >= 0.3 is 0 Å². The summed E-state index contributed by atoms with van der Waals surface area (Å²) in [6.45, 7) is 0.396. The van der Waals surface area contributed by atoms with Crippen molar-refractivity contribution in [2.75, 3.05) is 7.11 Å². The third-order valence-electron chi connectivity index (χ3n) is 2.86. The van der Waals surface area contributed by atoms with Crippen LogP contribution in [0.1, 0.15) is 11.1 Å². The quantitative estimate of drug-likeness (QED) is 0.476. The van der Waals surface area contributed by atoms with Crippen molar-refractivity contribution in [2.45, 2.75) is 6.61 Å². The lowest BCUT2D eigenvalue weighted by Gasteiger charge is -2.11. The smallest absolute Gasteiger partial charge is 0.184 e. The molecule has 0 unspecified atom stereocenters. The Morgan fingerprint density at radius 3 is 2.83 bits per heavy atom. The molecule has 0 radical (unpaired) electrons. The number of methoxy groups -OCH3 is 1. The van der Waals surface area contributed by atoms with Gasteiger partial charge in [0, 0.05) is 5.02 Å². The van der Waals surface area contributed by atoms with Gasteiger partial charge in [-0.1, -0.05) is 23.7 Å². The summed E-state index contributed by atoms with van der Waals surface area (Å²) in [4.78, 5) is 0. The first-order valence-electron chi connectivity index (χ1n) is 6.72. The highest BCUT2D eigenvalue weighted by Gasteiger charge is 2.06. The number of hydrazone groups is 1. The number of ether oxygens (including phenoxy) is 2. The second kappa shape index (κ2) is 8.36. The Kier molecular flexibility index (Phi) is 6.19. The van der Waals surface area contributed by atoms with E-state index in [0.29, 0.717) is 23.1 Å². The summed E-state index contributed by atoms with van der Waals surface area (Å²) in [6, 6.07) is 13.0. The van der Waals surface area contributed by atoms with Gasteiger partial charge in [-0.05, 0) is 53.7 Å². The lowest BCUT2D eigenvalue weighted by molar-refractivity contribution is 0.284. The molecule has 0 aromatic heterocycles. The van der Waals surface area contributed by atoms with Crippen LogP contribution in [0.2, 0.25) is 5.02 Å². The molecule has 23 heavy (non-hydrogen) atoms. The van der Waals surface area contributed by atoms with Gasteiger partial charge in [0.15, 0.2) is 16.6 Å². The third-order valence-corrected chi connectivity index (χ3v) is 3.19. The Hall–Kier alpha value is -2.31. The number of thiocarbonyl (C=S) groups is 1. The van der Waals surface area contributed by atoms with Crippen molar-refractivity contribution >= 4 is 35.1 Å². The summed E-state index contributed by atoms with van der Waals surface area (Å²) >= 11 is 10.6. The predicted octanol–water partition coefficient (Wildman–Crippen LogP) is 3.09. The molecule has 0 amide bonds. The predicted molar refractivity (Wildman–Crippen MR) is 96.3 cm³/mol. The van der Waals surface area contributed by atoms with Gasteiger partial charge in [-0.25, -0.2) is 0 Å². The first kappa shape index (κ1) is 17.1. The second-order valence-corrected chi connectivity index (χ2v) is 5.44. The number of nitrogens with zero attached hydrogens (tertiary/aromatic N) is 1. The molecule has 0 spiro atoms. The van der Waals surface area contributed by atoms with E-state index >= 15 is 0 Å². The van der Waals surface area contributed by atoms with Crippen LogP contribution >= 0.6 is 23.8 Å². The molecule has 0 saturated heterocycles. The van der Waals surface area contributed by atoms with Gasteiger partial charge in [0.25, 0.3) is 0 Å². The van der Waals surface area contributed by atoms with Crippen LogP contribution in [0.4, 0.5) is 0 Å². The van der Waals surface area contributed by atoms with Crippen molar-refractivity contribution in [2.24, 2.45) is 10.8 Å². The second-order valence-electron chi connectivity index (χ2n) is 4.56. The summed E-state index contributed by atoms with van der Waals surface area (Å²) in [5.74, 6) is 1.23. The minimum Gasteiger partial charge on any atom is -0.493 e. The average Bonchev–Trinajstić information content (AvgIpc) is 2.53. The molecule has 0 aliphatic carbocycles. The van der Waals surface area contributed by atoms with Crippen LogP contribution in [0.25, 0.3) is 0 Å². The first-order chi connectivity index (χ1) is 11.1. The molecule has 120 valence electrons. The Bertz CT molecular complexity index is 722. The number of hydrogen-bond donors (Lipinski definition) is 2. The number of rotatable bonds is 6. The fraction of sp³-hybridized carbons (Fsp3) is 0.125. The van der Waals surface area contributed by atoms with E-state index in [2.05, 4.69) is 22.7 Å². The lowest BCUT2D eigenvalue weighted by atomic mass is 10.2. The summed E-state index contributed by atoms with van der Waals surface area (Å²) in [6.07, 6.45) is 1.59. The lowest BCUT2D eigenvalue weighted by Crippen LogP contribution is -2.23.